The first-order chi connectivity index (χ1) is 6.57. The van der Waals surface area contributed by atoms with Crippen LogP contribution in [0.15, 0.2) is 0 Å². The summed E-state index contributed by atoms with van der Waals surface area (Å²) in [4.78, 5) is 11.0. The van der Waals surface area contributed by atoms with Crippen molar-refractivity contribution in [2.24, 2.45) is 11.8 Å². The highest BCUT2D eigenvalue weighted by Gasteiger charge is 2.07. The van der Waals surface area contributed by atoms with Crippen LogP contribution in [0.3, 0.4) is 0 Å². The summed E-state index contributed by atoms with van der Waals surface area (Å²) >= 11 is 0. The molecule has 1 atom stereocenters. The second-order valence-corrected chi connectivity index (χ2v) is 3.79. The molecular weight excluding hydrogens is 178 g/mol. The van der Waals surface area contributed by atoms with Gasteiger partial charge >= 0.3 is 0 Å². The fourth-order valence-electron chi connectivity index (χ4n) is 0.850. The number of hydrogen-bond acceptors (Lipinski definition) is 3. The van der Waals surface area contributed by atoms with Gasteiger partial charge in [0.15, 0.2) is 0 Å². The first kappa shape index (κ1) is 12.9. The minimum Gasteiger partial charge on any atom is -0.342 e. The Balaban J connectivity index is 3.45. The number of nitrogens with zero attached hydrogens (tertiary/aromatic N) is 1. The van der Waals surface area contributed by atoms with Crippen LogP contribution in [0.2, 0.25) is 0 Å². The van der Waals surface area contributed by atoms with Crippen LogP contribution in [-0.4, -0.2) is 25.5 Å². The minimum absolute atomic E-state index is 0.0836. The van der Waals surface area contributed by atoms with Crippen LogP contribution in [0.25, 0.3) is 0 Å². The molecule has 4 heteroatoms. The fourth-order valence-corrected chi connectivity index (χ4v) is 0.850. The highest BCUT2D eigenvalue weighted by atomic mass is 16.1. The van der Waals surface area contributed by atoms with Crippen molar-refractivity contribution in [2.75, 3.05) is 19.6 Å². The molecule has 2 N–H and O–H groups in total. The van der Waals surface area contributed by atoms with Crippen LogP contribution in [0.1, 0.15) is 20.8 Å². The summed E-state index contributed by atoms with van der Waals surface area (Å²) in [5.74, 6) is 1.05. The molecule has 0 aromatic carbocycles. The first-order valence-corrected chi connectivity index (χ1v) is 4.92. The Morgan fingerprint density at radius 3 is 2.57 bits per heavy atom. The molecule has 0 saturated heterocycles. The predicted molar refractivity (Wildman–Crippen MR) is 55.5 cm³/mol. The third-order valence-electron chi connectivity index (χ3n) is 2.25. The molecule has 0 aliphatic heterocycles. The van der Waals surface area contributed by atoms with Crippen LogP contribution >= 0.6 is 0 Å². The second-order valence-electron chi connectivity index (χ2n) is 3.79. The Morgan fingerprint density at radius 1 is 1.43 bits per heavy atom. The van der Waals surface area contributed by atoms with Gasteiger partial charge in [-0.25, -0.2) is 0 Å². The van der Waals surface area contributed by atoms with Crippen molar-refractivity contribution in [2.45, 2.75) is 20.8 Å². The van der Waals surface area contributed by atoms with Crippen molar-refractivity contribution >= 4 is 5.91 Å². The van der Waals surface area contributed by atoms with Gasteiger partial charge in [-0.2, -0.15) is 5.26 Å². The van der Waals surface area contributed by atoms with Gasteiger partial charge in [0, 0.05) is 0 Å². The normalized spacial score (nSPS) is 12.2. The van der Waals surface area contributed by atoms with Gasteiger partial charge in [-0.15, -0.1) is 0 Å². The predicted octanol–water partition coefficient (Wildman–Crippen LogP) is 0.508. The van der Waals surface area contributed by atoms with Gasteiger partial charge in [0.05, 0.1) is 12.6 Å². The Kier molecular flexibility index (Phi) is 6.77. The monoisotopic (exact) mass is 197 g/mol. The quantitative estimate of drug-likeness (QED) is 0.610. The van der Waals surface area contributed by atoms with Crippen molar-refractivity contribution in [3.63, 3.8) is 0 Å². The van der Waals surface area contributed by atoms with Crippen molar-refractivity contribution in [1.82, 2.24) is 10.6 Å². The minimum atomic E-state index is -0.123. The molecule has 0 spiro atoms. The lowest BCUT2D eigenvalue weighted by Crippen LogP contribution is -2.36. The molecule has 80 valence electrons. The maximum absolute atomic E-state index is 11.0. The Hall–Kier alpha value is -1.08. The zero-order valence-corrected chi connectivity index (χ0v) is 9.13. The van der Waals surface area contributed by atoms with Gasteiger partial charge in [-0.05, 0) is 18.4 Å². The Labute approximate surface area is 85.7 Å². The number of rotatable bonds is 6. The molecule has 0 saturated carbocycles. The van der Waals surface area contributed by atoms with E-state index in [4.69, 9.17) is 5.26 Å². The summed E-state index contributed by atoms with van der Waals surface area (Å²) in [5, 5.41) is 13.7. The van der Waals surface area contributed by atoms with Gasteiger partial charge in [0.1, 0.15) is 6.54 Å². The average Bonchev–Trinajstić information content (AvgIpc) is 2.14. The second kappa shape index (κ2) is 7.34. The van der Waals surface area contributed by atoms with E-state index in [1.165, 1.54) is 0 Å². The Morgan fingerprint density at radius 2 is 2.07 bits per heavy atom. The van der Waals surface area contributed by atoms with E-state index in [0.717, 1.165) is 6.54 Å². The van der Waals surface area contributed by atoms with Gasteiger partial charge in [0.2, 0.25) is 5.91 Å². The molecule has 4 nitrogen and oxygen atoms in total. The molecule has 0 aromatic rings. The van der Waals surface area contributed by atoms with Crippen LogP contribution in [-0.2, 0) is 4.79 Å². The lowest BCUT2D eigenvalue weighted by molar-refractivity contribution is -0.120. The van der Waals surface area contributed by atoms with Crippen molar-refractivity contribution in [3.8, 4) is 6.07 Å². The number of hydrogen-bond donors (Lipinski definition) is 2. The van der Waals surface area contributed by atoms with E-state index in [0.29, 0.717) is 18.4 Å². The van der Waals surface area contributed by atoms with E-state index < -0.39 is 0 Å². The van der Waals surface area contributed by atoms with Crippen molar-refractivity contribution in [3.05, 3.63) is 0 Å². The standard InChI is InChI=1S/C10H19N3O/c1-8(2)9(3)6-12-7-10(14)13-5-4-11/h8-9,12H,5-7H2,1-3H3,(H,13,14). The zero-order chi connectivity index (χ0) is 11.0. The number of amides is 1. The van der Waals surface area contributed by atoms with E-state index in [2.05, 4.69) is 31.4 Å². The topological polar surface area (TPSA) is 64.9 Å². The SMILES string of the molecule is CC(C)C(C)CNCC(=O)NCC#N. The lowest BCUT2D eigenvalue weighted by Gasteiger charge is -2.15. The summed E-state index contributed by atoms with van der Waals surface area (Å²) in [6.45, 7) is 7.66. The number of nitrogens with one attached hydrogen (secondary N) is 2. The molecule has 0 aliphatic rings. The highest BCUT2D eigenvalue weighted by Crippen LogP contribution is 2.06. The van der Waals surface area contributed by atoms with Crippen LogP contribution in [0, 0.1) is 23.2 Å². The summed E-state index contributed by atoms with van der Waals surface area (Å²) in [7, 11) is 0. The van der Waals surface area contributed by atoms with Gasteiger partial charge in [-0.3, -0.25) is 4.79 Å². The Bertz CT molecular complexity index is 208. The van der Waals surface area contributed by atoms with Crippen LogP contribution in [0.5, 0.6) is 0 Å². The summed E-state index contributed by atoms with van der Waals surface area (Å²) in [6.07, 6.45) is 0. The van der Waals surface area contributed by atoms with Crippen LogP contribution < -0.4 is 10.6 Å². The first-order valence-electron chi connectivity index (χ1n) is 4.92. The molecule has 0 aliphatic carbocycles. The fraction of sp³-hybridized carbons (Fsp3) is 0.800. The number of carbonyl (C=O) groups excluding carboxylic acids is 1. The number of carbonyl (C=O) groups is 1. The maximum atomic E-state index is 11.0. The van der Waals surface area contributed by atoms with E-state index in [-0.39, 0.29) is 12.5 Å². The summed E-state index contributed by atoms with van der Waals surface area (Å²) in [6, 6.07) is 1.86. The zero-order valence-electron chi connectivity index (χ0n) is 9.13. The van der Waals surface area contributed by atoms with E-state index >= 15 is 0 Å². The van der Waals surface area contributed by atoms with E-state index in [9.17, 15) is 4.79 Å². The van der Waals surface area contributed by atoms with Gasteiger partial charge in [0.25, 0.3) is 0 Å². The molecular formula is C10H19N3O. The molecule has 0 radical (unpaired) electrons. The van der Waals surface area contributed by atoms with Crippen molar-refractivity contribution < 1.29 is 4.79 Å². The molecule has 0 heterocycles. The molecule has 0 rings (SSSR count). The van der Waals surface area contributed by atoms with Gasteiger partial charge < -0.3 is 10.6 Å². The molecule has 0 aromatic heterocycles. The molecule has 1 amide bonds. The summed E-state index contributed by atoms with van der Waals surface area (Å²) < 4.78 is 0. The average molecular weight is 197 g/mol. The summed E-state index contributed by atoms with van der Waals surface area (Å²) in [5.41, 5.74) is 0. The maximum Gasteiger partial charge on any atom is 0.234 e. The van der Waals surface area contributed by atoms with Gasteiger partial charge in [-0.1, -0.05) is 20.8 Å². The molecule has 0 fully saturated rings. The molecule has 1 unspecified atom stereocenters. The highest BCUT2D eigenvalue weighted by molar-refractivity contribution is 5.78. The van der Waals surface area contributed by atoms with Crippen LogP contribution in [0.4, 0.5) is 0 Å². The number of nitriles is 1. The largest absolute Gasteiger partial charge is 0.342 e. The molecule has 14 heavy (non-hydrogen) atoms. The third kappa shape index (κ3) is 6.44. The van der Waals surface area contributed by atoms with E-state index in [1.54, 1.807) is 0 Å². The van der Waals surface area contributed by atoms with Crippen molar-refractivity contribution in [1.29, 1.82) is 5.26 Å². The third-order valence-corrected chi connectivity index (χ3v) is 2.25. The lowest BCUT2D eigenvalue weighted by atomic mass is 9.98. The smallest absolute Gasteiger partial charge is 0.234 e. The molecule has 0 bridgehead atoms. The van der Waals surface area contributed by atoms with E-state index in [1.807, 2.05) is 6.07 Å².